The monoisotopic (exact) mass is 386 g/mol. The van der Waals surface area contributed by atoms with E-state index in [-0.39, 0.29) is 11.9 Å². The molecular formula is C22H22N6O. The van der Waals surface area contributed by atoms with Crippen LogP contribution in [0.15, 0.2) is 54.9 Å². The highest BCUT2D eigenvalue weighted by Gasteiger charge is 2.26. The lowest BCUT2D eigenvalue weighted by molar-refractivity contribution is -0.120. The van der Waals surface area contributed by atoms with E-state index in [0.29, 0.717) is 5.56 Å². The minimum absolute atomic E-state index is 0.0283. The Hall–Kier alpha value is -3.50. The van der Waals surface area contributed by atoms with Gasteiger partial charge >= 0.3 is 0 Å². The van der Waals surface area contributed by atoms with Crippen LogP contribution >= 0.6 is 0 Å². The van der Waals surface area contributed by atoms with E-state index >= 15 is 0 Å². The third-order valence-corrected chi connectivity index (χ3v) is 5.34. The van der Waals surface area contributed by atoms with Gasteiger partial charge in [-0.15, -0.1) is 0 Å². The SMILES string of the molecule is CC(C(=O)Nc1cccc2ncccc12)N1CCN(c2cc(C#N)ccn2)CC1. The molecule has 4 rings (SSSR count). The zero-order valence-corrected chi connectivity index (χ0v) is 16.2. The van der Waals surface area contributed by atoms with Crippen molar-refractivity contribution in [2.45, 2.75) is 13.0 Å². The molecule has 146 valence electrons. The highest BCUT2D eigenvalue weighted by molar-refractivity contribution is 6.02. The quantitative estimate of drug-likeness (QED) is 0.742. The topological polar surface area (TPSA) is 85.2 Å². The molecule has 3 heterocycles. The Labute approximate surface area is 169 Å². The zero-order chi connectivity index (χ0) is 20.2. The Morgan fingerprint density at radius 3 is 2.72 bits per heavy atom. The van der Waals surface area contributed by atoms with Crippen molar-refractivity contribution in [3.05, 3.63) is 60.4 Å². The van der Waals surface area contributed by atoms with Crippen LogP contribution in [0, 0.1) is 11.3 Å². The van der Waals surface area contributed by atoms with Crippen LogP contribution in [-0.4, -0.2) is 53.0 Å². The van der Waals surface area contributed by atoms with Gasteiger partial charge in [-0.05, 0) is 43.3 Å². The molecule has 1 aromatic carbocycles. The molecular weight excluding hydrogens is 364 g/mol. The van der Waals surface area contributed by atoms with Gasteiger partial charge in [0.05, 0.1) is 28.9 Å². The Morgan fingerprint density at radius 1 is 1.10 bits per heavy atom. The van der Waals surface area contributed by atoms with E-state index in [1.807, 2.05) is 37.3 Å². The molecule has 1 atom stereocenters. The molecule has 1 saturated heterocycles. The number of nitrogens with one attached hydrogen (secondary N) is 1. The molecule has 0 bridgehead atoms. The molecule has 0 saturated carbocycles. The fourth-order valence-electron chi connectivity index (χ4n) is 3.61. The number of hydrogen-bond donors (Lipinski definition) is 1. The summed E-state index contributed by atoms with van der Waals surface area (Å²) in [5.41, 5.74) is 2.25. The highest BCUT2D eigenvalue weighted by Crippen LogP contribution is 2.22. The third-order valence-electron chi connectivity index (χ3n) is 5.34. The summed E-state index contributed by atoms with van der Waals surface area (Å²) in [6, 6.07) is 15.0. The highest BCUT2D eigenvalue weighted by atomic mass is 16.2. The van der Waals surface area contributed by atoms with Crippen molar-refractivity contribution in [3.8, 4) is 6.07 Å². The number of carbonyl (C=O) groups excluding carboxylic acids is 1. The molecule has 0 aliphatic carbocycles. The largest absolute Gasteiger partial charge is 0.354 e. The predicted molar refractivity (Wildman–Crippen MR) is 113 cm³/mol. The third kappa shape index (κ3) is 4.03. The molecule has 1 amide bonds. The summed E-state index contributed by atoms with van der Waals surface area (Å²) in [7, 11) is 0. The van der Waals surface area contributed by atoms with E-state index in [9.17, 15) is 4.79 Å². The van der Waals surface area contributed by atoms with E-state index in [1.165, 1.54) is 0 Å². The van der Waals surface area contributed by atoms with Crippen molar-refractivity contribution in [1.29, 1.82) is 5.26 Å². The van der Waals surface area contributed by atoms with Gasteiger partial charge in [0.2, 0.25) is 5.91 Å². The molecule has 29 heavy (non-hydrogen) atoms. The van der Waals surface area contributed by atoms with Crippen molar-refractivity contribution in [2.24, 2.45) is 0 Å². The standard InChI is InChI=1S/C22H22N6O/c1-16(22(29)26-20-6-2-5-19-18(20)4-3-8-24-19)27-10-12-28(13-11-27)21-14-17(15-23)7-9-25-21/h2-9,14,16H,10-13H2,1H3,(H,26,29). The summed E-state index contributed by atoms with van der Waals surface area (Å²) in [5.74, 6) is 0.781. The minimum atomic E-state index is -0.248. The maximum atomic E-state index is 12.9. The van der Waals surface area contributed by atoms with E-state index < -0.39 is 0 Å². The van der Waals surface area contributed by atoms with Gasteiger partial charge in [0.1, 0.15) is 5.82 Å². The first-order chi connectivity index (χ1) is 14.2. The number of rotatable bonds is 4. The first-order valence-corrected chi connectivity index (χ1v) is 9.65. The summed E-state index contributed by atoms with van der Waals surface area (Å²) < 4.78 is 0. The van der Waals surface area contributed by atoms with Crippen LogP contribution in [0.3, 0.4) is 0 Å². The normalized spacial score (nSPS) is 15.7. The second kappa shape index (κ2) is 8.25. The lowest BCUT2D eigenvalue weighted by Crippen LogP contribution is -2.53. The number of amides is 1. The Morgan fingerprint density at radius 2 is 1.93 bits per heavy atom. The molecule has 1 fully saturated rings. The molecule has 0 radical (unpaired) electrons. The summed E-state index contributed by atoms with van der Waals surface area (Å²) in [6.45, 7) is 4.96. The van der Waals surface area contributed by atoms with Gasteiger partial charge < -0.3 is 10.2 Å². The summed E-state index contributed by atoms with van der Waals surface area (Å²) in [6.07, 6.45) is 3.41. The molecule has 1 aliphatic heterocycles. The van der Waals surface area contributed by atoms with Gasteiger partial charge in [-0.3, -0.25) is 14.7 Å². The van der Waals surface area contributed by atoms with Gasteiger partial charge in [-0.2, -0.15) is 5.26 Å². The lowest BCUT2D eigenvalue weighted by Gasteiger charge is -2.38. The first kappa shape index (κ1) is 18.8. The fourth-order valence-corrected chi connectivity index (χ4v) is 3.61. The number of carbonyl (C=O) groups is 1. The van der Waals surface area contributed by atoms with Gasteiger partial charge in [0, 0.05) is 44.0 Å². The van der Waals surface area contributed by atoms with Crippen LogP contribution in [0.25, 0.3) is 10.9 Å². The van der Waals surface area contributed by atoms with Gasteiger partial charge in [0.25, 0.3) is 0 Å². The fraction of sp³-hybridized carbons (Fsp3) is 0.273. The van der Waals surface area contributed by atoms with Crippen molar-refractivity contribution >= 4 is 28.3 Å². The number of benzene rings is 1. The Balaban J connectivity index is 1.39. The van der Waals surface area contributed by atoms with Crippen LogP contribution in [0.5, 0.6) is 0 Å². The number of fused-ring (bicyclic) bond motifs is 1. The predicted octanol–water partition coefficient (Wildman–Crippen LogP) is 2.65. The molecule has 0 spiro atoms. The minimum Gasteiger partial charge on any atom is -0.354 e. The van der Waals surface area contributed by atoms with E-state index in [4.69, 9.17) is 5.26 Å². The summed E-state index contributed by atoms with van der Waals surface area (Å²) in [4.78, 5) is 25.9. The van der Waals surface area contributed by atoms with Crippen molar-refractivity contribution in [2.75, 3.05) is 36.4 Å². The Kier molecular flexibility index (Phi) is 5.36. The molecule has 1 unspecified atom stereocenters. The van der Waals surface area contributed by atoms with Crippen molar-refractivity contribution in [1.82, 2.24) is 14.9 Å². The number of piperazine rings is 1. The van der Waals surface area contributed by atoms with Gasteiger partial charge in [0.15, 0.2) is 0 Å². The number of pyridine rings is 2. The molecule has 1 N–H and O–H groups in total. The van der Waals surface area contributed by atoms with Crippen LogP contribution in [-0.2, 0) is 4.79 Å². The number of nitrogens with zero attached hydrogens (tertiary/aromatic N) is 5. The van der Waals surface area contributed by atoms with Crippen molar-refractivity contribution < 1.29 is 4.79 Å². The molecule has 7 heteroatoms. The molecule has 2 aromatic heterocycles. The number of nitriles is 1. The van der Waals surface area contributed by atoms with E-state index in [0.717, 1.165) is 48.6 Å². The smallest absolute Gasteiger partial charge is 0.241 e. The van der Waals surface area contributed by atoms with E-state index in [1.54, 1.807) is 24.5 Å². The second-order valence-corrected chi connectivity index (χ2v) is 7.08. The maximum Gasteiger partial charge on any atom is 0.241 e. The molecule has 1 aliphatic rings. The Bertz CT molecular complexity index is 1060. The zero-order valence-electron chi connectivity index (χ0n) is 16.2. The van der Waals surface area contributed by atoms with Crippen LogP contribution < -0.4 is 10.2 Å². The lowest BCUT2D eigenvalue weighted by atomic mass is 10.1. The second-order valence-electron chi connectivity index (χ2n) is 7.08. The van der Waals surface area contributed by atoms with Crippen LogP contribution in [0.1, 0.15) is 12.5 Å². The van der Waals surface area contributed by atoms with Crippen LogP contribution in [0.4, 0.5) is 11.5 Å². The van der Waals surface area contributed by atoms with E-state index in [2.05, 4.69) is 31.2 Å². The summed E-state index contributed by atoms with van der Waals surface area (Å²) in [5, 5.41) is 13.1. The number of hydrogen-bond acceptors (Lipinski definition) is 6. The van der Waals surface area contributed by atoms with Gasteiger partial charge in [-0.1, -0.05) is 6.07 Å². The average molecular weight is 386 g/mol. The first-order valence-electron chi connectivity index (χ1n) is 9.65. The number of anilines is 2. The average Bonchev–Trinajstić information content (AvgIpc) is 2.79. The maximum absolute atomic E-state index is 12.9. The van der Waals surface area contributed by atoms with Crippen molar-refractivity contribution in [3.63, 3.8) is 0 Å². The van der Waals surface area contributed by atoms with Gasteiger partial charge in [-0.25, -0.2) is 4.98 Å². The summed E-state index contributed by atoms with van der Waals surface area (Å²) >= 11 is 0. The molecule has 3 aromatic rings. The number of aromatic nitrogens is 2. The van der Waals surface area contributed by atoms with Crippen LogP contribution in [0.2, 0.25) is 0 Å². The molecule has 7 nitrogen and oxygen atoms in total.